The van der Waals surface area contributed by atoms with Crippen LogP contribution in [0.5, 0.6) is 5.75 Å². The molecule has 130 valence electrons. The molecule has 3 fully saturated rings. The predicted octanol–water partition coefficient (Wildman–Crippen LogP) is 3.89. The average molecular weight is 362 g/mol. The van der Waals surface area contributed by atoms with Gasteiger partial charge in [-0.1, -0.05) is 16.8 Å². The van der Waals surface area contributed by atoms with Gasteiger partial charge in [-0.3, -0.25) is 0 Å². The van der Waals surface area contributed by atoms with Gasteiger partial charge in [-0.15, -0.1) is 13.2 Å². The van der Waals surface area contributed by atoms with Crippen LogP contribution in [0.3, 0.4) is 0 Å². The fraction of sp³-hybridized carbons (Fsp3) is 0.533. The molecule has 1 aromatic carbocycles. The minimum absolute atomic E-state index is 0.108. The molecule has 1 atom stereocenters. The van der Waals surface area contributed by atoms with Crippen molar-refractivity contribution < 1.29 is 22.4 Å². The zero-order valence-electron chi connectivity index (χ0n) is 12.6. The lowest BCUT2D eigenvalue weighted by molar-refractivity contribution is -0.274. The van der Waals surface area contributed by atoms with E-state index in [9.17, 15) is 13.2 Å². The lowest BCUT2D eigenvalue weighted by atomic mass is 9.84. The van der Waals surface area contributed by atoms with Crippen molar-refractivity contribution in [2.75, 3.05) is 25.0 Å². The van der Waals surface area contributed by atoms with Crippen LogP contribution in [-0.2, 0) is 0 Å². The first-order valence-electron chi connectivity index (χ1n) is 7.73. The highest BCUT2D eigenvalue weighted by atomic mass is 35.5. The zero-order valence-corrected chi connectivity index (χ0v) is 13.3. The van der Waals surface area contributed by atoms with E-state index in [1.807, 2.05) is 0 Å². The lowest BCUT2D eigenvalue weighted by Crippen LogP contribution is -2.53. The van der Waals surface area contributed by atoms with Crippen molar-refractivity contribution in [1.29, 1.82) is 0 Å². The molecule has 0 radical (unpaired) electrons. The van der Waals surface area contributed by atoms with Crippen molar-refractivity contribution in [2.45, 2.75) is 25.2 Å². The van der Waals surface area contributed by atoms with Gasteiger partial charge in [0.25, 0.3) is 0 Å². The maximum atomic E-state index is 12.6. The summed E-state index contributed by atoms with van der Waals surface area (Å²) in [7, 11) is 0. The Balaban J connectivity index is 1.64. The predicted molar refractivity (Wildman–Crippen MR) is 82.3 cm³/mol. The van der Waals surface area contributed by atoms with E-state index in [1.54, 1.807) is 6.07 Å². The summed E-state index contributed by atoms with van der Waals surface area (Å²) in [6.07, 6.45) is -2.63. The Labute approximate surface area is 140 Å². The molecule has 0 aliphatic carbocycles. The number of piperidine rings is 3. The summed E-state index contributed by atoms with van der Waals surface area (Å²) in [6, 6.07) is 3.15. The Hall–Kier alpha value is -1.67. The van der Waals surface area contributed by atoms with Gasteiger partial charge in [0.2, 0.25) is 5.58 Å². The number of hydrogen-bond donors (Lipinski definition) is 1. The second-order valence-corrected chi connectivity index (χ2v) is 6.63. The number of anilines is 1. The van der Waals surface area contributed by atoms with Crippen molar-refractivity contribution in [3.05, 3.63) is 17.2 Å². The van der Waals surface area contributed by atoms with Crippen molar-refractivity contribution in [3.8, 4) is 5.75 Å². The van der Waals surface area contributed by atoms with E-state index in [0.29, 0.717) is 17.1 Å². The topological polar surface area (TPSA) is 50.5 Å². The number of aromatic nitrogens is 1. The molecular formula is C15H15ClF3N3O2. The highest BCUT2D eigenvalue weighted by Gasteiger charge is 2.36. The number of hydrogen-bond acceptors (Lipinski definition) is 5. The smallest absolute Gasteiger partial charge is 0.400 e. The number of ether oxygens (including phenoxy) is 1. The number of rotatable bonds is 3. The molecule has 5 rings (SSSR count). The van der Waals surface area contributed by atoms with Gasteiger partial charge in [0.05, 0.1) is 10.4 Å². The first-order valence-corrected chi connectivity index (χ1v) is 8.11. The van der Waals surface area contributed by atoms with Crippen LogP contribution in [-0.4, -0.2) is 42.1 Å². The minimum atomic E-state index is -4.85. The van der Waals surface area contributed by atoms with Crippen LogP contribution < -0.4 is 10.1 Å². The second kappa shape index (κ2) is 5.70. The fourth-order valence-electron chi connectivity index (χ4n) is 3.58. The van der Waals surface area contributed by atoms with Crippen molar-refractivity contribution in [3.63, 3.8) is 0 Å². The van der Waals surface area contributed by atoms with Gasteiger partial charge in [0.15, 0.2) is 11.6 Å². The Morgan fingerprint density at radius 2 is 2.04 bits per heavy atom. The van der Waals surface area contributed by atoms with Crippen LogP contribution >= 0.6 is 11.6 Å². The average Bonchev–Trinajstić information content (AvgIpc) is 2.93. The fourth-order valence-corrected chi connectivity index (χ4v) is 3.76. The van der Waals surface area contributed by atoms with Gasteiger partial charge < -0.3 is 19.5 Å². The maximum Gasteiger partial charge on any atom is 0.573 e. The summed E-state index contributed by atoms with van der Waals surface area (Å²) in [5.41, 5.74) is -0.108. The molecule has 9 heteroatoms. The summed E-state index contributed by atoms with van der Waals surface area (Å²) >= 11 is 5.82. The summed E-state index contributed by atoms with van der Waals surface area (Å²) in [5, 5.41) is 7.46. The molecular weight excluding hydrogens is 347 g/mol. The molecule has 1 aromatic heterocycles. The lowest BCUT2D eigenvalue weighted by Gasteiger charge is -2.44. The summed E-state index contributed by atoms with van der Waals surface area (Å²) in [5.74, 6) is 0.406. The third kappa shape index (κ3) is 2.88. The molecule has 0 spiro atoms. The van der Waals surface area contributed by atoms with E-state index < -0.39 is 12.1 Å². The normalized spacial score (nSPS) is 26.8. The molecule has 5 nitrogen and oxygen atoms in total. The van der Waals surface area contributed by atoms with Crippen LogP contribution in [0.2, 0.25) is 5.02 Å². The van der Waals surface area contributed by atoms with Crippen LogP contribution in [0.4, 0.5) is 19.0 Å². The highest BCUT2D eigenvalue weighted by Crippen LogP contribution is 2.40. The first kappa shape index (κ1) is 15.8. The van der Waals surface area contributed by atoms with E-state index in [-0.39, 0.29) is 16.6 Å². The second-order valence-electron chi connectivity index (χ2n) is 6.22. The summed E-state index contributed by atoms with van der Waals surface area (Å²) < 4.78 is 46.8. The number of fused-ring (bicyclic) bond motifs is 4. The molecule has 0 saturated carbocycles. The molecule has 2 aromatic rings. The Morgan fingerprint density at radius 1 is 1.29 bits per heavy atom. The Morgan fingerprint density at radius 3 is 2.67 bits per heavy atom. The standard InChI is InChI=1S/C15H15ClF3N3O2/c16-10-2-1-9-12(13(10)23-15(17,18)19)24-21-14(9)20-11-7-22-5-3-8(11)4-6-22/h1-2,8,11H,3-7H2,(H,20,21)/t11-/m0/s1. The largest absolute Gasteiger partial charge is 0.573 e. The number of nitrogens with zero attached hydrogens (tertiary/aromatic N) is 2. The third-order valence-electron chi connectivity index (χ3n) is 4.74. The van der Waals surface area contributed by atoms with Crippen molar-refractivity contribution in [2.24, 2.45) is 5.92 Å². The summed E-state index contributed by atoms with van der Waals surface area (Å²) in [6.45, 7) is 3.10. The van der Waals surface area contributed by atoms with E-state index in [1.165, 1.54) is 6.07 Å². The molecule has 0 unspecified atom stereocenters. The van der Waals surface area contributed by atoms with E-state index in [2.05, 4.69) is 20.1 Å². The molecule has 1 N–H and O–H groups in total. The Kier molecular flexibility index (Phi) is 3.76. The van der Waals surface area contributed by atoms with Gasteiger partial charge in [-0.2, -0.15) is 0 Å². The van der Waals surface area contributed by atoms with Crippen molar-refractivity contribution in [1.82, 2.24) is 10.1 Å². The van der Waals surface area contributed by atoms with Gasteiger partial charge in [0, 0.05) is 12.6 Å². The zero-order chi connectivity index (χ0) is 16.9. The molecule has 24 heavy (non-hydrogen) atoms. The molecule has 3 aliphatic rings. The van der Waals surface area contributed by atoms with Crippen LogP contribution in [0, 0.1) is 5.92 Å². The SMILES string of the molecule is FC(F)(F)Oc1c(Cl)ccc2c(N[C@H]3CN4CCC3CC4)noc12. The monoisotopic (exact) mass is 361 g/mol. The molecule has 3 aliphatic heterocycles. The van der Waals surface area contributed by atoms with Crippen LogP contribution in [0.1, 0.15) is 12.8 Å². The quantitative estimate of drug-likeness (QED) is 0.899. The van der Waals surface area contributed by atoms with Gasteiger partial charge in [-0.25, -0.2) is 0 Å². The van der Waals surface area contributed by atoms with Gasteiger partial charge in [0.1, 0.15) is 0 Å². The van der Waals surface area contributed by atoms with Crippen molar-refractivity contribution >= 4 is 28.4 Å². The molecule has 3 saturated heterocycles. The van der Waals surface area contributed by atoms with Crippen LogP contribution in [0.15, 0.2) is 16.7 Å². The molecule has 0 amide bonds. The number of alkyl halides is 3. The highest BCUT2D eigenvalue weighted by molar-refractivity contribution is 6.33. The minimum Gasteiger partial charge on any atom is -0.400 e. The van der Waals surface area contributed by atoms with Crippen LogP contribution in [0.25, 0.3) is 11.0 Å². The number of benzene rings is 1. The maximum absolute atomic E-state index is 12.6. The number of nitrogens with one attached hydrogen (secondary N) is 1. The first-order chi connectivity index (χ1) is 11.4. The number of halogens is 4. The molecule has 4 heterocycles. The van der Waals surface area contributed by atoms with E-state index in [4.69, 9.17) is 16.1 Å². The Bertz CT molecular complexity index is 756. The van der Waals surface area contributed by atoms with Gasteiger partial charge >= 0.3 is 6.36 Å². The van der Waals surface area contributed by atoms with Gasteiger partial charge in [-0.05, 0) is 44.0 Å². The summed E-state index contributed by atoms with van der Waals surface area (Å²) in [4.78, 5) is 2.37. The van der Waals surface area contributed by atoms with E-state index in [0.717, 1.165) is 32.5 Å². The molecule has 2 bridgehead atoms. The third-order valence-corrected chi connectivity index (χ3v) is 5.04. The van der Waals surface area contributed by atoms with E-state index >= 15 is 0 Å².